The number of amides is 2. The lowest BCUT2D eigenvalue weighted by Crippen LogP contribution is -2.55. The fourth-order valence-electron chi connectivity index (χ4n) is 3.60. The normalized spacial score (nSPS) is 17.0. The number of hydrogen-bond donors (Lipinski definition) is 2. The van der Waals surface area contributed by atoms with Crippen molar-refractivity contribution in [3.63, 3.8) is 0 Å². The van der Waals surface area contributed by atoms with Crippen LogP contribution < -0.4 is 10.6 Å². The van der Waals surface area contributed by atoms with Crippen molar-refractivity contribution < 1.29 is 14.0 Å². The Morgan fingerprint density at radius 1 is 1.03 bits per heavy atom. The average Bonchev–Trinajstić information content (AvgIpc) is 2.75. The molecule has 3 rings (SSSR count). The van der Waals surface area contributed by atoms with Gasteiger partial charge in [0.1, 0.15) is 5.82 Å². The van der Waals surface area contributed by atoms with Crippen molar-refractivity contribution in [3.05, 3.63) is 64.9 Å². The summed E-state index contributed by atoms with van der Waals surface area (Å²) in [6.45, 7) is 6.82. The first-order valence-electron chi connectivity index (χ1n) is 10.4. The summed E-state index contributed by atoms with van der Waals surface area (Å²) in [6.07, 6.45) is 0. The predicted molar refractivity (Wildman–Crippen MR) is 121 cm³/mol. The van der Waals surface area contributed by atoms with Crippen LogP contribution in [0.2, 0.25) is 5.02 Å². The lowest BCUT2D eigenvalue weighted by Gasteiger charge is -2.37. The number of carbonyl (C=O) groups excluding carboxylic acids is 2. The summed E-state index contributed by atoms with van der Waals surface area (Å²) in [7, 11) is 0. The molecular formula is C23H28ClFN4O2. The molecule has 1 saturated heterocycles. The standard InChI is InChI=1S/C23H28ClFN4O2/c1-16(18-7-9-19(25)10-8-18)26-23(31)17(2)29-13-11-28(12-14-29)15-22(30)27-21-6-4-3-5-20(21)24/h3-10,16-17H,11-15H2,1-2H3,(H,26,31)(H,27,30). The van der Waals surface area contributed by atoms with Crippen LogP contribution in [0.4, 0.5) is 10.1 Å². The first-order valence-corrected chi connectivity index (χ1v) is 10.8. The minimum Gasteiger partial charge on any atom is -0.348 e. The van der Waals surface area contributed by atoms with Crippen LogP contribution >= 0.6 is 11.6 Å². The topological polar surface area (TPSA) is 64.7 Å². The number of carbonyl (C=O) groups is 2. The van der Waals surface area contributed by atoms with Gasteiger partial charge >= 0.3 is 0 Å². The average molecular weight is 447 g/mol. The number of nitrogens with zero attached hydrogens (tertiary/aromatic N) is 2. The number of piperazine rings is 1. The molecule has 1 aliphatic rings. The molecule has 0 spiro atoms. The molecule has 0 aliphatic carbocycles. The molecule has 2 unspecified atom stereocenters. The van der Waals surface area contributed by atoms with E-state index in [1.54, 1.807) is 24.3 Å². The molecule has 8 heteroatoms. The van der Waals surface area contributed by atoms with Crippen molar-refractivity contribution in [2.24, 2.45) is 0 Å². The molecule has 2 aromatic rings. The summed E-state index contributed by atoms with van der Waals surface area (Å²) < 4.78 is 13.1. The Hall–Kier alpha value is -2.48. The molecule has 0 bridgehead atoms. The SMILES string of the molecule is CC(NC(=O)C(C)N1CCN(CC(=O)Nc2ccccc2Cl)CC1)c1ccc(F)cc1. The van der Waals surface area contributed by atoms with Gasteiger partial charge in [0.25, 0.3) is 0 Å². The molecule has 1 fully saturated rings. The van der Waals surface area contributed by atoms with Crippen LogP contribution in [0, 0.1) is 5.82 Å². The van der Waals surface area contributed by atoms with Gasteiger partial charge in [0.05, 0.1) is 29.3 Å². The lowest BCUT2D eigenvalue weighted by atomic mass is 10.1. The number of anilines is 1. The van der Waals surface area contributed by atoms with Gasteiger partial charge in [-0.1, -0.05) is 35.9 Å². The Balaban J connectivity index is 1.44. The first kappa shape index (κ1) is 23.2. The van der Waals surface area contributed by atoms with E-state index in [2.05, 4.69) is 20.4 Å². The highest BCUT2D eigenvalue weighted by Crippen LogP contribution is 2.20. The van der Waals surface area contributed by atoms with Gasteiger partial charge in [0.15, 0.2) is 0 Å². The summed E-state index contributed by atoms with van der Waals surface area (Å²) in [4.78, 5) is 29.2. The van der Waals surface area contributed by atoms with Gasteiger partial charge in [-0.25, -0.2) is 4.39 Å². The highest BCUT2D eigenvalue weighted by atomic mass is 35.5. The van der Waals surface area contributed by atoms with Crippen molar-refractivity contribution in [3.8, 4) is 0 Å². The van der Waals surface area contributed by atoms with Crippen molar-refractivity contribution in [2.75, 3.05) is 38.0 Å². The molecule has 2 amide bonds. The second kappa shape index (κ2) is 10.7. The van der Waals surface area contributed by atoms with E-state index in [1.165, 1.54) is 12.1 Å². The van der Waals surface area contributed by atoms with Crippen molar-refractivity contribution in [2.45, 2.75) is 25.9 Å². The Labute approximate surface area is 187 Å². The van der Waals surface area contributed by atoms with E-state index >= 15 is 0 Å². The number of nitrogens with one attached hydrogen (secondary N) is 2. The molecule has 2 N–H and O–H groups in total. The number of hydrogen-bond acceptors (Lipinski definition) is 4. The summed E-state index contributed by atoms with van der Waals surface area (Å²) in [5.74, 6) is -0.476. The van der Waals surface area contributed by atoms with Gasteiger partial charge in [0, 0.05) is 26.2 Å². The zero-order valence-electron chi connectivity index (χ0n) is 17.8. The molecule has 0 saturated carbocycles. The van der Waals surface area contributed by atoms with E-state index in [9.17, 15) is 14.0 Å². The van der Waals surface area contributed by atoms with E-state index in [0.717, 1.165) is 5.56 Å². The van der Waals surface area contributed by atoms with Gasteiger partial charge < -0.3 is 10.6 Å². The van der Waals surface area contributed by atoms with Crippen LogP contribution in [-0.2, 0) is 9.59 Å². The van der Waals surface area contributed by atoms with E-state index in [4.69, 9.17) is 11.6 Å². The van der Waals surface area contributed by atoms with Crippen LogP contribution in [0.5, 0.6) is 0 Å². The Morgan fingerprint density at radius 3 is 2.32 bits per heavy atom. The van der Waals surface area contributed by atoms with Crippen LogP contribution in [0.25, 0.3) is 0 Å². The van der Waals surface area contributed by atoms with Gasteiger partial charge in [-0.15, -0.1) is 0 Å². The van der Waals surface area contributed by atoms with Gasteiger partial charge in [0.2, 0.25) is 11.8 Å². The summed E-state index contributed by atoms with van der Waals surface area (Å²) in [5, 5.41) is 6.34. The molecule has 2 atom stereocenters. The maximum Gasteiger partial charge on any atom is 0.238 e. The molecule has 1 aliphatic heterocycles. The second-order valence-electron chi connectivity index (χ2n) is 7.80. The number of rotatable bonds is 7. The molecule has 166 valence electrons. The number of para-hydroxylation sites is 1. The van der Waals surface area contributed by atoms with Crippen LogP contribution in [0.3, 0.4) is 0 Å². The maximum absolute atomic E-state index is 13.1. The largest absolute Gasteiger partial charge is 0.348 e. The molecule has 0 radical (unpaired) electrons. The van der Waals surface area contributed by atoms with Gasteiger partial charge in [-0.2, -0.15) is 0 Å². The molecule has 6 nitrogen and oxygen atoms in total. The quantitative estimate of drug-likeness (QED) is 0.685. The van der Waals surface area contributed by atoms with Crippen molar-refractivity contribution >= 4 is 29.1 Å². The Morgan fingerprint density at radius 2 is 1.68 bits per heavy atom. The van der Waals surface area contributed by atoms with Crippen LogP contribution in [0.1, 0.15) is 25.5 Å². The zero-order chi connectivity index (χ0) is 22.4. The third-order valence-electron chi connectivity index (χ3n) is 5.58. The van der Waals surface area contributed by atoms with E-state index in [0.29, 0.717) is 36.9 Å². The molecule has 0 aromatic heterocycles. The molecular weight excluding hydrogens is 419 g/mol. The van der Waals surface area contributed by atoms with E-state index < -0.39 is 0 Å². The Bertz CT molecular complexity index is 901. The fraction of sp³-hybridized carbons (Fsp3) is 0.391. The smallest absolute Gasteiger partial charge is 0.238 e. The van der Waals surface area contributed by atoms with Crippen LogP contribution in [-0.4, -0.2) is 60.4 Å². The van der Waals surface area contributed by atoms with Crippen LogP contribution in [0.15, 0.2) is 48.5 Å². The first-order chi connectivity index (χ1) is 14.8. The minimum atomic E-state index is -0.297. The number of benzene rings is 2. The lowest BCUT2D eigenvalue weighted by molar-refractivity contribution is -0.127. The molecule has 2 aromatic carbocycles. The Kier molecular flexibility index (Phi) is 8.01. The maximum atomic E-state index is 13.1. The third-order valence-corrected chi connectivity index (χ3v) is 5.91. The highest BCUT2D eigenvalue weighted by molar-refractivity contribution is 6.33. The van der Waals surface area contributed by atoms with Gasteiger partial charge in [-0.3, -0.25) is 19.4 Å². The number of halogens is 2. The van der Waals surface area contributed by atoms with Gasteiger partial charge in [-0.05, 0) is 43.7 Å². The molecule has 1 heterocycles. The molecule has 31 heavy (non-hydrogen) atoms. The minimum absolute atomic E-state index is 0.0678. The zero-order valence-corrected chi connectivity index (χ0v) is 18.5. The summed E-state index contributed by atoms with van der Waals surface area (Å²) in [6, 6.07) is 12.8. The third kappa shape index (κ3) is 6.50. The second-order valence-corrected chi connectivity index (χ2v) is 8.21. The fourth-order valence-corrected chi connectivity index (χ4v) is 3.78. The van der Waals surface area contributed by atoms with Crippen molar-refractivity contribution in [1.29, 1.82) is 0 Å². The monoisotopic (exact) mass is 446 g/mol. The van der Waals surface area contributed by atoms with E-state index in [-0.39, 0.29) is 36.3 Å². The summed E-state index contributed by atoms with van der Waals surface area (Å²) >= 11 is 6.09. The predicted octanol–water partition coefficient (Wildman–Crippen LogP) is 3.30. The van der Waals surface area contributed by atoms with E-state index in [1.807, 2.05) is 26.0 Å². The van der Waals surface area contributed by atoms with Crippen molar-refractivity contribution in [1.82, 2.24) is 15.1 Å². The highest BCUT2D eigenvalue weighted by Gasteiger charge is 2.27. The summed E-state index contributed by atoms with van der Waals surface area (Å²) in [5.41, 5.74) is 1.46.